The van der Waals surface area contributed by atoms with Crippen molar-refractivity contribution in [2.75, 3.05) is 19.6 Å². The van der Waals surface area contributed by atoms with Gasteiger partial charge in [0.25, 0.3) is 0 Å². The Hall–Kier alpha value is -0.530. The van der Waals surface area contributed by atoms with Crippen LogP contribution in [0.3, 0.4) is 0 Å². The fraction of sp³-hybridized carbons (Fsp3) is 0.909. The van der Waals surface area contributed by atoms with Gasteiger partial charge >= 0.3 is 0 Å². The van der Waals surface area contributed by atoms with Gasteiger partial charge in [-0.25, -0.2) is 0 Å². The Morgan fingerprint density at radius 2 is 1.62 bits per heavy atom. The van der Waals surface area contributed by atoms with E-state index in [1.807, 2.05) is 0 Å². The molecule has 0 radical (unpaired) electrons. The van der Waals surface area contributed by atoms with Crippen LogP contribution >= 0.6 is 0 Å². The van der Waals surface area contributed by atoms with Gasteiger partial charge in [-0.05, 0) is 32.1 Å². The van der Waals surface area contributed by atoms with E-state index < -0.39 is 0 Å². The SMILES string of the molecule is C1CCN=C2CCCCCN2CC1. The zero-order chi connectivity index (χ0) is 8.93. The third-order valence-corrected chi connectivity index (χ3v) is 3.07. The van der Waals surface area contributed by atoms with E-state index in [0.29, 0.717) is 0 Å². The van der Waals surface area contributed by atoms with E-state index in [4.69, 9.17) is 4.99 Å². The van der Waals surface area contributed by atoms with Crippen molar-refractivity contribution >= 4 is 5.84 Å². The van der Waals surface area contributed by atoms with Crippen LogP contribution in [0.2, 0.25) is 0 Å². The normalized spacial score (nSPS) is 25.2. The summed E-state index contributed by atoms with van der Waals surface area (Å²) < 4.78 is 0. The molecule has 0 aromatic heterocycles. The van der Waals surface area contributed by atoms with E-state index in [-0.39, 0.29) is 0 Å². The first kappa shape index (κ1) is 9.04. The standard InChI is InChI=1S/C11H20N2/c1-3-7-11-12-8-4-2-6-10-13(11)9-5-1/h1-10H2. The second kappa shape index (κ2) is 4.64. The lowest BCUT2D eigenvalue weighted by Gasteiger charge is -2.25. The number of amidine groups is 1. The molecule has 1 saturated heterocycles. The molecule has 2 rings (SSSR count). The number of hydrogen-bond donors (Lipinski definition) is 0. The van der Waals surface area contributed by atoms with Gasteiger partial charge in [0.15, 0.2) is 0 Å². The number of nitrogens with zero attached hydrogens (tertiary/aromatic N) is 2. The highest BCUT2D eigenvalue weighted by molar-refractivity contribution is 5.82. The largest absolute Gasteiger partial charge is 0.360 e. The molecule has 0 bridgehead atoms. The maximum absolute atomic E-state index is 4.71. The molecule has 0 aliphatic carbocycles. The minimum absolute atomic E-state index is 1.08. The summed E-state index contributed by atoms with van der Waals surface area (Å²) in [6, 6.07) is 0. The van der Waals surface area contributed by atoms with Crippen LogP contribution in [0.25, 0.3) is 0 Å². The molecule has 0 unspecified atom stereocenters. The molecule has 0 atom stereocenters. The van der Waals surface area contributed by atoms with Gasteiger partial charge in [-0.1, -0.05) is 6.42 Å². The first-order chi connectivity index (χ1) is 6.47. The molecular weight excluding hydrogens is 160 g/mol. The molecule has 13 heavy (non-hydrogen) atoms. The topological polar surface area (TPSA) is 15.6 Å². The smallest absolute Gasteiger partial charge is 0.0988 e. The molecule has 2 aliphatic rings. The summed E-state index contributed by atoms with van der Waals surface area (Å²) in [6.45, 7) is 3.60. The minimum atomic E-state index is 1.08. The van der Waals surface area contributed by atoms with E-state index >= 15 is 0 Å². The fourth-order valence-electron chi connectivity index (χ4n) is 2.27. The third kappa shape index (κ3) is 2.45. The lowest BCUT2D eigenvalue weighted by Crippen LogP contribution is -2.32. The summed E-state index contributed by atoms with van der Waals surface area (Å²) in [7, 11) is 0. The zero-order valence-electron chi connectivity index (χ0n) is 8.47. The van der Waals surface area contributed by atoms with Crippen molar-refractivity contribution in [2.24, 2.45) is 4.99 Å². The van der Waals surface area contributed by atoms with Gasteiger partial charge in [0.05, 0.1) is 5.84 Å². The van der Waals surface area contributed by atoms with Crippen molar-refractivity contribution in [3.05, 3.63) is 0 Å². The summed E-state index contributed by atoms with van der Waals surface area (Å²) in [5, 5.41) is 0. The summed E-state index contributed by atoms with van der Waals surface area (Å²) in [5.41, 5.74) is 0. The maximum Gasteiger partial charge on any atom is 0.0988 e. The van der Waals surface area contributed by atoms with Crippen LogP contribution in [-0.2, 0) is 0 Å². The van der Waals surface area contributed by atoms with Crippen molar-refractivity contribution in [3.8, 4) is 0 Å². The number of aliphatic imine (C=N–C) groups is 1. The Morgan fingerprint density at radius 1 is 0.846 bits per heavy atom. The van der Waals surface area contributed by atoms with Crippen molar-refractivity contribution in [1.82, 2.24) is 4.90 Å². The van der Waals surface area contributed by atoms with E-state index in [2.05, 4.69) is 4.90 Å². The van der Waals surface area contributed by atoms with Crippen LogP contribution in [0.15, 0.2) is 4.99 Å². The average Bonchev–Trinajstić information content (AvgIpc) is 2.30. The third-order valence-electron chi connectivity index (χ3n) is 3.07. The van der Waals surface area contributed by atoms with Gasteiger partial charge in [0.1, 0.15) is 0 Å². The number of hydrogen-bond acceptors (Lipinski definition) is 2. The summed E-state index contributed by atoms with van der Waals surface area (Å²) in [6.07, 6.45) is 9.41. The molecule has 0 saturated carbocycles. The van der Waals surface area contributed by atoms with Crippen LogP contribution < -0.4 is 0 Å². The molecular formula is C11H20N2. The van der Waals surface area contributed by atoms with Crippen LogP contribution in [0, 0.1) is 0 Å². The molecule has 0 N–H and O–H groups in total. The molecule has 2 aliphatic heterocycles. The Kier molecular flexibility index (Phi) is 3.22. The van der Waals surface area contributed by atoms with Crippen LogP contribution in [0.5, 0.6) is 0 Å². The first-order valence-electron chi connectivity index (χ1n) is 5.75. The predicted octanol–water partition coefficient (Wildman–Crippen LogP) is 2.44. The second-order valence-corrected chi connectivity index (χ2v) is 4.16. The Morgan fingerprint density at radius 3 is 2.46 bits per heavy atom. The molecule has 1 fully saturated rings. The van der Waals surface area contributed by atoms with Crippen LogP contribution in [-0.4, -0.2) is 30.4 Å². The number of fused-ring (bicyclic) bond motifs is 1. The van der Waals surface area contributed by atoms with Crippen molar-refractivity contribution in [3.63, 3.8) is 0 Å². The van der Waals surface area contributed by atoms with Crippen LogP contribution in [0.4, 0.5) is 0 Å². The van der Waals surface area contributed by atoms with Gasteiger partial charge < -0.3 is 4.90 Å². The molecule has 74 valence electrons. The van der Waals surface area contributed by atoms with Gasteiger partial charge in [-0.15, -0.1) is 0 Å². The minimum Gasteiger partial charge on any atom is -0.360 e. The second-order valence-electron chi connectivity index (χ2n) is 4.16. The van der Waals surface area contributed by atoms with Crippen molar-refractivity contribution in [1.29, 1.82) is 0 Å². The lowest BCUT2D eigenvalue weighted by molar-refractivity contribution is 0.389. The lowest BCUT2D eigenvalue weighted by atomic mass is 10.2. The molecule has 0 spiro atoms. The molecule has 2 heteroatoms. The molecule has 2 heterocycles. The van der Waals surface area contributed by atoms with Gasteiger partial charge in [-0.3, -0.25) is 4.99 Å². The Labute approximate surface area is 81.0 Å². The predicted molar refractivity (Wildman–Crippen MR) is 56.2 cm³/mol. The van der Waals surface area contributed by atoms with E-state index in [0.717, 1.165) is 6.54 Å². The first-order valence-corrected chi connectivity index (χ1v) is 5.75. The molecule has 0 aromatic rings. The Balaban J connectivity index is 2.04. The van der Waals surface area contributed by atoms with Gasteiger partial charge in [0, 0.05) is 26.1 Å². The van der Waals surface area contributed by atoms with E-state index in [1.165, 1.54) is 63.9 Å². The molecule has 0 amide bonds. The number of rotatable bonds is 0. The Bertz CT molecular complexity index is 187. The fourth-order valence-corrected chi connectivity index (χ4v) is 2.27. The highest BCUT2D eigenvalue weighted by Gasteiger charge is 2.15. The van der Waals surface area contributed by atoms with Crippen molar-refractivity contribution < 1.29 is 0 Å². The highest BCUT2D eigenvalue weighted by atomic mass is 15.2. The summed E-state index contributed by atoms with van der Waals surface area (Å²) >= 11 is 0. The van der Waals surface area contributed by atoms with E-state index in [9.17, 15) is 0 Å². The molecule has 0 aromatic carbocycles. The quantitative estimate of drug-likeness (QED) is 0.559. The maximum atomic E-state index is 4.71. The van der Waals surface area contributed by atoms with Crippen molar-refractivity contribution in [2.45, 2.75) is 44.9 Å². The van der Waals surface area contributed by atoms with Gasteiger partial charge in [-0.2, -0.15) is 0 Å². The highest BCUT2D eigenvalue weighted by Crippen LogP contribution is 2.15. The van der Waals surface area contributed by atoms with Gasteiger partial charge in [0.2, 0.25) is 0 Å². The zero-order valence-corrected chi connectivity index (χ0v) is 8.47. The monoisotopic (exact) mass is 180 g/mol. The summed E-state index contributed by atoms with van der Waals surface area (Å²) in [4.78, 5) is 7.24. The summed E-state index contributed by atoms with van der Waals surface area (Å²) in [5.74, 6) is 1.41. The average molecular weight is 180 g/mol. The molecule has 2 nitrogen and oxygen atoms in total. The van der Waals surface area contributed by atoms with Crippen LogP contribution in [0.1, 0.15) is 44.9 Å². The van der Waals surface area contributed by atoms with E-state index in [1.54, 1.807) is 0 Å².